The van der Waals surface area contributed by atoms with Gasteiger partial charge in [-0.1, -0.05) is 6.07 Å². The molecule has 0 fully saturated rings. The summed E-state index contributed by atoms with van der Waals surface area (Å²) in [5.41, 5.74) is 1.20. The molecule has 0 aliphatic rings. The summed E-state index contributed by atoms with van der Waals surface area (Å²) in [4.78, 5) is 11.2. The van der Waals surface area contributed by atoms with E-state index in [9.17, 15) is 4.79 Å². The number of aromatic carboxylic acids is 1. The molecule has 0 aliphatic heterocycles. The Kier molecular flexibility index (Phi) is 3.19. The second-order valence-corrected chi connectivity index (χ2v) is 4.31. The van der Waals surface area contributed by atoms with Crippen LogP contribution in [0.5, 0.6) is 5.75 Å². The maximum absolute atomic E-state index is 11.2. The number of benzene rings is 1. The van der Waals surface area contributed by atoms with Gasteiger partial charge in [0.25, 0.3) is 0 Å². The average molecular weight is 284 g/mol. The second kappa shape index (κ2) is 5.16. The van der Waals surface area contributed by atoms with Crippen LogP contribution in [0.1, 0.15) is 10.5 Å². The Bertz CT molecular complexity index is 775. The fraction of sp³-hybridized carbons (Fsp3) is 0.0667. The van der Waals surface area contributed by atoms with E-state index in [-0.39, 0.29) is 5.69 Å². The van der Waals surface area contributed by atoms with Gasteiger partial charge in [0.15, 0.2) is 11.5 Å². The van der Waals surface area contributed by atoms with Crippen molar-refractivity contribution in [2.45, 2.75) is 0 Å². The molecule has 0 bridgehead atoms. The largest absolute Gasteiger partial charge is 0.497 e. The van der Waals surface area contributed by atoms with Crippen LogP contribution in [-0.4, -0.2) is 28.0 Å². The summed E-state index contributed by atoms with van der Waals surface area (Å²) in [5, 5.41) is 13.2. The van der Waals surface area contributed by atoms with Crippen molar-refractivity contribution in [2.24, 2.45) is 0 Å². The molecule has 21 heavy (non-hydrogen) atoms. The van der Waals surface area contributed by atoms with Gasteiger partial charge in [-0.15, -0.1) is 0 Å². The van der Waals surface area contributed by atoms with Crippen LogP contribution in [0.3, 0.4) is 0 Å². The molecule has 1 N–H and O–H groups in total. The van der Waals surface area contributed by atoms with Crippen molar-refractivity contribution in [3.63, 3.8) is 0 Å². The van der Waals surface area contributed by atoms with E-state index in [1.807, 2.05) is 12.1 Å². The minimum Gasteiger partial charge on any atom is -0.497 e. The normalized spacial score (nSPS) is 10.5. The Morgan fingerprint density at radius 3 is 2.81 bits per heavy atom. The average Bonchev–Trinajstić information content (AvgIpc) is 3.16. The van der Waals surface area contributed by atoms with Crippen LogP contribution in [0.15, 0.2) is 53.1 Å². The molecule has 0 atom stereocenters. The van der Waals surface area contributed by atoms with Gasteiger partial charge in [-0.3, -0.25) is 0 Å². The van der Waals surface area contributed by atoms with Gasteiger partial charge in [0.1, 0.15) is 11.4 Å². The van der Waals surface area contributed by atoms with Crippen LogP contribution in [0.2, 0.25) is 0 Å². The summed E-state index contributed by atoms with van der Waals surface area (Å²) >= 11 is 0. The Balaban J connectivity index is 2.18. The predicted octanol–water partition coefficient (Wildman–Crippen LogP) is 2.84. The zero-order chi connectivity index (χ0) is 14.8. The molecule has 3 aromatic rings. The van der Waals surface area contributed by atoms with E-state index >= 15 is 0 Å². The maximum atomic E-state index is 11.2. The Morgan fingerprint density at radius 1 is 1.29 bits per heavy atom. The molecule has 0 saturated heterocycles. The van der Waals surface area contributed by atoms with Crippen LogP contribution < -0.4 is 4.74 Å². The number of aromatic nitrogens is 2. The number of hydrogen-bond donors (Lipinski definition) is 1. The van der Waals surface area contributed by atoms with Crippen LogP contribution in [0.25, 0.3) is 17.1 Å². The van der Waals surface area contributed by atoms with E-state index in [4.69, 9.17) is 14.3 Å². The first-order valence-corrected chi connectivity index (χ1v) is 6.20. The number of carboxylic acid groups (broad SMARTS) is 1. The van der Waals surface area contributed by atoms with Gasteiger partial charge in [-0.05, 0) is 24.3 Å². The molecular weight excluding hydrogens is 272 g/mol. The van der Waals surface area contributed by atoms with Gasteiger partial charge in [0.05, 0.1) is 19.1 Å². The quantitative estimate of drug-likeness (QED) is 0.797. The van der Waals surface area contributed by atoms with Gasteiger partial charge >= 0.3 is 5.97 Å². The third kappa shape index (κ3) is 2.38. The molecule has 0 amide bonds. The minimum absolute atomic E-state index is 0.0516. The molecule has 2 aromatic heterocycles. The van der Waals surface area contributed by atoms with Crippen LogP contribution >= 0.6 is 0 Å². The van der Waals surface area contributed by atoms with E-state index in [1.54, 1.807) is 31.4 Å². The fourth-order valence-corrected chi connectivity index (χ4v) is 2.02. The van der Waals surface area contributed by atoms with Gasteiger partial charge in [0.2, 0.25) is 0 Å². The lowest BCUT2D eigenvalue weighted by molar-refractivity contribution is 0.0690. The number of nitrogens with zero attached hydrogens (tertiary/aromatic N) is 2. The Labute approximate surface area is 120 Å². The van der Waals surface area contributed by atoms with Gasteiger partial charge < -0.3 is 14.3 Å². The third-order valence-corrected chi connectivity index (χ3v) is 3.00. The zero-order valence-corrected chi connectivity index (χ0v) is 11.2. The monoisotopic (exact) mass is 284 g/mol. The molecule has 0 unspecified atom stereocenters. The van der Waals surface area contributed by atoms with E-state index in [0.717, 1.165) is 0 Å². The predicted molar refractivity (Wildman–Crippen MR) is 74.8 cm³/mol. The summed E-state index contributed by atoms with van der Waals surface area (Å²) in [6, 6.07) is 12.1. The number of methoxy groups -OCH3 is 1. The highest BCUT2D eigenvalue weighted by molar-refractivity contribution is 5.87. The number of furan rings is 1. The molecular formula is C15H12N2O4. The van der Waals surface area contributed by atoms with Crippen LogP contribution in [0, 0.1) is 0 Å². The lowest BCUT2D eigenvalue weighted by Crippen LogP contribution is -2.02. The molecule has 106 valence electrons. The number of carbonyl (C=O) groups is 1. The van der Waals surface area contributed by atoms with Crippen LogP contribution in [-0.2, 0) is 0 Å². The first-order chi connectivity index (χ1) is 10.2. The first kappa shape index (κ1) is 13.0. The molecule has 0 radical (unpaired) electrons. The number of carboxylic acids is 1. The molecule has 6 nitrogen and oxygen atoms in total. The van der Waals surface area contributed by atoms with Crippen molar-refractivity contribution in [2.75, 3.05) is 7.11 Å². The van der Waals surface area contributed by atoms with Crippen LogP contribution in [0.4, 0.5) is 0 Å². The van der Waals surface area contributed by atoms with Gasteiger partial charge in [0, 0.05) is 12.1 Å². The van der Waals surface area contributed by atoms with Crippen molar-refractivity contribution in [1.29, 1.82) is 0 Å². The van der Waals surface area contributed by atoms with Crippen molar-refractivity contribution in [3.8, 4) is 22.9 Å². The van der Waals surface area contributed by atoms with Crippen molar-refractivity contribution >= 4 is 5.97 Å². The van der Waals surface area contributed by atoms with Gasteiger partial charge in [-0.2, -0.15) is 5.10 Å². The summed E-state index contributed by atoms with van der Waals surface area (Å²) in [6.45, 7) is 0. The third-order valence-electron chi connectivity index (χ3n) is 3.00. The number of ether oxygens (including phenoxy) is 1. The molecule has 0 saturated carbocycles. The van der Waals surface area contributed by atoms with Crippen molar-refractivity contribution in [1.82, 2.24) is 9.78 Å². The van der Waals surface area contributed by atoms with E-state index in [0.29, 0.717) is 22.9 Å². The second-order valence-electron chi connectivity index (χ2n) is 4.31. The summed E-state index contributed by atoms with van der Waals surface area (Å²) in [5.74, 6) is 0.104. The topological polar surface area (TPSA) is 77.5 Å². The zero-order valence-electron chi connectivity index (χ0n) is 11.2. The van der Waals surface area contributed by atoms with Crippen molar-refractivity contribution in [3.05, 3.63) is 54.4 Å². The summed E-state index contributed by atoms with van der Waals surface area (Å²) in [6.07, 6.45) is 1.53. The molecule has 0 spiro atoms. The number of rotatable bonds is 4. The fourth-order valence-electron chi connectivity index (χ4n) is 2.02. The SMILES string of the molecule is COc1cccc(-n2nc(C(=O)O)cc2-c2ccco2)c1. The Morgan fingerprint density at radius 2 is 2.14 bits per heavy atom. The molecule has 1 aromatic carbocycles. The Hall–Kier alpha value is -3.02. The maximum Gasteiger partial charge on any atom is 0.356 e. The van der Waals surface area contributed by atoms with Gasteiger partial charge in [-0.25, -0.2) is 9.48 Å². The molecule has 3 rings (SSSR count). The van der Waals surface area contributed by atoms with E-state index in [2.05, 4.69) is 5.10 Å². The smallest absolute Gasteiger partial charge is 0.356 e. The lowest BCUT2D eigenvalue weighted by Gasteiger charge is -2.07. The lowest BCUT2D eigenvalue weighted by atomic mass is 10.2. The minimum atomic E-state index is -1.09. The highest BCUT2D eigenvalue weighted by Gasteiger charge is 2.17. The molecule has 2 heterocycles. The highest BCUT2D eigenvalue weighted by atomic mass is 16.5. The first-order valence-electron chi connectivity index (χ1n) is 6.20. The summed E-state index contributed by atoms with van der Waals surface area (Å²) < 4.78 is 12.0. The standard InChI is InChI=1S/C15H12N2O4/c1-20-11-5-2-4-10(8-11)17-13(14-6-3-7-21-14)9-12(16-17)15(18)19/h2-9H,1H3,(H,18,19). The van der Waals surface area contributed by atoms with E-state index < -0.39 is 5.97 Å². The molecule has 0 aliphatic carbocycles. The summed E-state index contributed by atoms with van der Waals surface area (Å²) in [7, 11) is 1.57. The number of hydrogen-bond acceptors (Lipinski definition) is 4. The van der Waals surface area contributed by atoms with E-state index in [1.165, 1.54) is 17.0 Å². The molecule has 6 heteroatoms. The highest BCUT2D eigenvalue weighted by Crippen LogP contribution is 2.26. The van der Waals surface area contributed by atoms with Crippen molar-refractivity contribution < 1.29 is 19.1 Å².